The molecule has 4 heterocycles. The molecule has 11 nitrogen and oxygen atoms in total. The van der Waals surface area contributed by atoms with Gasteiger partial charge in [0.15, 0.2) is 28.8 Å². The van der Waals surface area contributed by atoms with Crippen molar-refractivity contribution in [3.05, 3.63) is 46.9 Å². The van der Waals surface area contributed by atoms with Gasteiger partial charge in [-0.1, -0.05) is 6.07 Å². The minimum absolute atomic E-state index is 0.132. The monoisotopic (exact) mass is 449 g/mol. The van der Waals surface area contributed by atoms with E-state index in [1.807, 2.05) is 32.0 Å². The lowest BCUT2D eigenvalue weighted by atomic mass is 9.85. The molecule has 1 amide bonds. The maximum atomic E-state index is 12.8. The van der Waals surface area contributed by atoms with Crippen LogP contribution in [0.2, 0.25) is 0 Å². The first kappa shape index (κ1) is 20.7. The fraction of sp³-hybridized carbons (Fsp3) is 0.318. The highest BCUT2D eigenvalue weighted by Crippen LogP contribution is 2.48. The molecule has 170 valence electrons. The third kappa shape index (κ3) is 3.15. The summed E-state index contributed by atoms with van der Waals surface area (Å²) in [6.45, 7) is 3.73. The normalized spacial score (nSPS) is 15.3. The Morgan fingerprint density at radius 1 is 0.970 bits per heavy atom. The van der Waals surface area contributed by atoms with Crippen molar-refractivity contribution in [3.63, 3.8) is 0 Å². The van der Waals surface area contributed by atoms with Crippen LogP contribution in [-0.2, 0) is 4.79 Å². The van der Waals surface area contributed by atoms with Crippen molar-refractivity contribution in [1.29, 1.82) is 0 Å². The van der Waals surface area contributed by atoms with E-state index in [4.69, 9.17) is 19.3 Å². The van der Waals surface area contributed by atoms with Gasteiger partial charge >= 0.3 is 0 Å². The molecule has 0 bridgehead atoms. The summed E-state index contributed by atoms with van der Waals surface area (Å²) in [4.78, 5) is 12.8. The summed E-state index contributed by atoms with van der Waals surface area (Å²) in [6.07, 6.45) is 0.238. The van der Waals surface area contributed by atoms with Crippen molar-refractivity contribution >= 4 is 17.4 Å². The number of hydrogen-bond donors (Lipinski definition) is 1. The van der Waals surface area contributed by atoms with Crippen molar-refractivity contribution in [2.24, 2.45) is 0 Å². The highest BCUT2D eigenvalue weighted by molar-refractivity contribution is 5.95. The van der Waals surface area contributed by atoms with Crippen molar-refractivity contribution in [2.75, 3.05) is 26.6 Å². The Labute approximate surface area is 189 Å². The molecule has 3 aromatic heterocycles. The van der Waals surface area contributed by atoms with E-state index in [0.29, 0.717) is 40.4 Å². The molecule has 33 heavy (non-hydrogen) atoms. The van der Waals surface area contributed by atoms with Gasteiger partial charge in [0.1, 0.15) is 5.82 Å². The smallest absolute Gasteiger partial charge is 0.226 e. The van der Waals surface area contributed by atoms with Gasteiger partial charge in [-0.05, 0) is 32.0 Å². The number of aryl methyl sites for hydroxylation is 2. The van der Waals surface area contributed by atoms with Crippen LogP contribution in [0.4, 0.5) is 5.82 Å². The molecule has 0 fully saturated rings. The predicted molar refractivity (Wildman–Crippen MR) is 119 cm³/mol. The van der Waals surface area contributed by atoms with E-state index in [9.17, 15) is 4.79 Å². The minimum atomic E-state index is -0.294. The number of hydrogen-bond acceptors (Lipinski definition) is 8. The van der Waals surface area contributed by atoms with Crippen LogP contribution in [0.5, 0.6) is 17.2 Å². The quantitative estimate of drug-likeness (QED) is 0.494. The Balaban J connectivity index is 1.69. The summed E-state index contributed by atoms with van der Waals surface area (Å²) < 4.78 is 20.0. The largest absolute Gasteiger partial charge is 0.493 e. The molecular weight excluding hydrogens is 426 g/mol. The minimum Gasteiger partial charge on any atom is -0.493 e. The highest BCUT2D eigenvalue weighted by Gasteiger charge is 2.35. The fourth-order valence-electron chi connectivity index (χ4n) is 4.38. The Morgan fingerprint density at radius 2 is 1.76 bits per heavy atom. The molecule has 1 N–H and O–H groups in total. The number of anilines is 1. The molecule has 0 radical (unpaired) electrons. The molecular formula is C22H23N7O4. The Hall–Kier alpha value is -4.15. The van der Waals surface area contributed by atoms with Crippen molar-refractivity contribution < 1.29 is 19.0 Å². The summed E-state index contributed by atoms with van der Waals surface area (Å²) in [5.41, 5.74) is 3.11. The van der Waals surface area contributed by atoms with E-state index < -0.39 is 0 Å². The Morgan fingerprint density at radius 3 is 2.48 bits per heavy atom. The Bertz CT molecular complexity index is 1390. The third-order valence-corrected chi connectivity index (χ3v) is 5.83. The SMILES string of the molecule is COc1ccc([C@H]2CC(=O)Nc3c2c(C)nn3-c2ccc3nnc(C)n3n2)c(OC)c1OC. The summed E-state index contributed by atoms with van der Waals surface area (Å²) in [6, 6.07) is 7.32. The summed E-state index contributed by atoms with van der Waals surface area (Å²) in [5.74, 6) is 2.89. The molecule has 1 aliphatic heterocycles. The molecule has 1 aromatic carbocycles. The number of nitrogens with zero attached hydrogens (tertiary/aromatic N) is 6. The highest BCUT2D eigenvalue weighted by atomic mass is 16.5. The second kappa shape index (κ2) is 7.76. The lowest BCUT2D eigenvalue weighted by molar-refractivity contribution is -0.116. The molecule has 11 heteroatoms. The first-order valence-electron chi connectivity index (χ1n) is 10.3. The van der Waals surface area contributed by atoms with Crippen molar-refractivity contribution in [2.45, 2.75) is 26.2 Å². The van der Waals surface area contributed by atoms with Crippen LogP contribution in [0.15, 0.2) is 24.3 Å². The van der Waals surface area contributed by atoms with E-state index in [1.54, 1.807) is 36.6 Å². The number of methoxy groups -OCH3 is 3. The van der Waals surface area contributed by atoms with Crippen molar-refractivity contribution in [1.82, 2.24) is 29.6 Å². The molecule has 0 unspecified atom stereocenters. The number of fused-ring (bicyclic) bond motifs is 2. The van der Waals surface area contributed by atoms with Gasteiger partial charge in [0.05, 0.1) is 27.0 Å². The van der Waals surface area contributed by atoms with Gasteiger partial charge in [-0.15, -0.1) is 15.3 Å². The van der Waals surface area contributed by atoms with Gasteiger partial charge in [-0.2, -0.15) is 14.3 Å². The van der Waals surface area contributed by atoms with E-state index >= 15 is 0 Å². The second-order valence-corrected chi connectivity index (χ2v) is 7.70. The number of benzene rings is 1. The Kier molecular flexibility index (Phi) is 4.88. The average Bonchev–Trinajstić information content (AvgIpc) is 3.36. The average molecular weight is 449 g/mol. The van der Waals surface area contributed by atoms with E-state index in [-0.39, 0.29) is 18.2 Å². The van der Waals surface area contributed by atoms with Gasteiger partial charge in [0.25, 0.3) is 0 Å². The molecule has 4 aromatic rings. The molecule has 5 rings (SSSR count). The summed E-state index contributed by atoms with van der Waals surface area (Å²) in [5, 5.41) is 20.4. The molecule has 0 spiro atoms. The lowest BCUT2D eigenvalue weighted by Gasteiger charge is -2.26. The first-order chi connectivity index (χ1) is 16.0. The molecule has 0 saturated heterocycles. The van der Waals surface area contributed by atoms with Crippen molar-refractivity contribution in [3.8, 4) is 23.1 Å². The topological polar surface area (TPSA) is 118 Å². The zero-order valence-corrected chi connectivity index (χ0v) is 18.9. The molecule has 0 saturated carbocycles. The number of carbonyl (C=O) groups is 1. The van der Waals surface area contributed by atoms with Gasteiger partial charge in [-0.25, -0.2) is 0 Å². The van der Waals surface area contributed by atoms with Crippen LogP contribution >= 0.6 is 0 Å². The maximum Gasteiger partial charge on any atom is 0.226 e. The summed E-state index contributed by atoms with van der Waals surface area (Å²) in [7, 11) is 4.70. The first-order valence-corrected chi connectivity index (χ1v) is 10.3. The van der Waals surface area contributed by atoms with Crippen LogP contribution in [0.1, 0.15) is 35.0 Å². The number of aromatic nitrogens is 6. The van der Waals surface area contributed by atoms with Crippen LogP contribution in [-0.4, -0.2) is 56.8 Å². The van der Waals surface area contributed by atoms with E-state index in [1.165, 1.54) is 0 Å². The van der Waals surface area contributed by atoms with Gasteiger partial charge in [0, 0.05) is 23.5 Å². The number of nitrogens with one attached hydrogen (secondary N) is 1. The van der Waals surface area contributed by atoms with Crippen LogP contribution in [0.3, 0.4) is 0 Å². The molecule has 1 aliphatic rings. The lowest BCUT2D eigenvalue weighted by Crippen LogP contribution is -2.25. The van der Waals surface area contributed by atoms with E-state index in [2.05, 4.69) is 20.6 Å². The van der Waals surface area contributed by atoms with E-state index in [0.717, 1.165) is 16.8 Å². The number of amides is 1. The number of rotatable bonds is 5. The summed E-state index contributed by atoms with van der Waals surface area (Å²) >= 11 is 0. The number of ether oxygens (including phenoxy) is 3. The van der Waals surface area contributed by atoms with Gasteiger partial charge in [0.2, 0.25) is 11.7 Å². The van der Waals surface area contributed by atoms with Gasteiger partial charge in [-0.3, -0.25) is 4.79 Å². The predicted octanol–water partition coefficient (Wildman–Crippen LogP) is 2.43. The number of carbonyl (C=O) groups excluding carboxylic acids is 1. The molecule has 1 atom stereocenters. The van der Waals surface area contributed by atoms with Crippen LogP contribution < -0.4 is 19.5 Å². The van der Waals surface area contributed by atoms with Crippen LogP contribution in [0, 0.1) is 13.8 Å². The van der Waals surface area contributed by atoms with Crippen LogP contribution in [0.25, 0.3) is 11.5 Å². The third-order valence-electron chi connectivity index (χ3n) is 5.83. The maximum absolute atomic E-state index is 12.8. The van der Waals surface area contributed by atoms with Gasteiger partial charge < -0.3 is 19.5 Å². The second-order valence-electron chi connectivity index (χ2n) is 7.70. The zero-order valence-electron chi connectivity index (χ0n) is 18.9. The standard InChI is InChI=1S/C22H23N7O4/c1-11-19-14(13-6-7-15(31-3)21(33-5)20(13)32-4)10-18(30)23-22(19)29(26-11)17-9-8-16-25-24-12(2)28(16)27-17/h6-9,14H,10H2,1-5H3,(H,23,30)/t14-/m1/s1. The zero-order chi connectivity index (χ0) is 23.3. The molecule has 0 aliphatic carbocycles. The fourth-order valence-corrected chi connectivity index (χ4v) is 4.38.